The van der Waals surface area contributed by atoms with Crippen LogP contribution in [0.3, 0.4) is 0 Å². The highest BCUT2D eigenvalue weighted by molar-refractivity contribution is 5.25. The number of nitrogens with one attached hydrogen (secondary N) is 1. The van der Waals surface area contributed by atoms with Gasteiger partial charge in [-0.05, 0) is 37.4 Å². The summed E-state index contributed by atoms with van der Waals surface area (Å²) in [5, 5.41) is 3.35. The Bertz CT molecular complexity index is 375. The molecule has 0 spiro atoms. The van der Waals surface area contributed by atoms with Gasteiger partial charge in [-0.1, -0.05) is 45.0 Å². The first-order valence-electron chi connectivity index (χ1n) is 8.03. The fraction of sp³-hybridized carbons (Fsp3) is 0.667. The van der Waals surface area contributed by atoms with Crippen molar-refractivity contribution >= 4 is 0 Å². The molecule has 0 aliphatic carbocycles. The molecule has 3 heteroatoms. The van der Waals surface area contributed by atoms with Crippen molar-refractivity contribution in [3.63, 3.8) is 0 Å². The molecule has 0 radical (unpaired) electrons. The highest BCUT2D eigenvalue weighted by atomic mass is 16.5. The van der Waals surface area contributed by atoms with Crippen LogP contribution in [0.15, 0.2) is 24.3 Å². The lowest BCUT2D eigenvalue weighted by atomic mass is 10.0. The predicted octanol–water partition coefficient (Wildman–Crippen LogP) is 3.59. The number of aryl methyl sites for hydroxylation is 1. The van der Waals surface area contributed by atoms with Gasteiger partial charge < -0.3 is 14.8 Å². The third-order valence-electron chi connectivity index (χ3n) is 3.59. The molecule has 0 heterocycles. The zero-order chi connectivity index (χ0) is 15.7. The molecule has 0 amide bonds. The molecule has 1 aromatic carbocycles. The highest BCUT2D eigenvalue weighted by Gasteiger charge is 2.17. The molecule has 0 saturated heterocycles. The molecule has 3 nitrogen and oxygen atoms in total. The molecule has 1 N–H and O–H groups in total. The van der Waals surface area contributed by atoms with Crippen LogP contribution >= 0.6 is 0 Å². The Kier molecular flexibility index (Phi) is 8.58. The monoisotopic (exact) mass is 293 g/mol. The van der Waals surface area contributed by atoms with Gasteiger partial charge in [0.2, 0.25) is 0 Å². The van der Waals surface area contributed by atoms with Crippen LogP contribution < -0.4 is 5.32 Å². The van der Waals surface area contributed by atoms with Gasteiger partial charge in [0, 0.05) is 6.61 Å². The number of rotatable bonds is 10. The lowest BCUT2D eigenvalue weighted by Crippen LogP contribution is -2.30. The zero-order valence-corrected chi connectivity index (χ0v) is 14.2. The van der Waals surface area contributed by atoms with E-state index < -0.39 is 0 Å². The van der Waals surface area contributed by atoms with Gasteiger partial charge in [-0.15, -0.1) is 0 Å². The van der Waals surface area contributed by atoms with Crippen LogP contribution in [0.25, 0.3) is 0 Å². The van der Waals surface area contributed by atoms with E-state index in [0.717, 1.165) is 13.0 Å². The van der Waals surface area contributed by atoms with Gasteiger partial charge >= 0.3 is 0 Å². The summed E-state index contributed by atoms with van der Waals surface area (Å²) in [6.45, 7) is 10.7. The second-order valence-electron chi connectivity index (χ2n) is 5.91. The highest BCUT2D eigenvalue weighted by Crippen LogP contribution is 2.19. The molecular formula is C18H31NO2. The molecule has 0 aliphatic heterocycles. The van der Waals surface area contributed by atoms with E-state index in [2.05, 4.69) is 57.3 Å². The molecule has 0 fully saturated rings. The van der Waals surface area contributed by atoms with Gasteiger partial charge in [-0.3, -0.25) is 0 Å². The minimum atomic E-state index is 0.116. The van der Waals surface area contributed by atoms with E-state index in [0.29, 0.717) is 19.1 Å². The van der Waals surface area contributed by atoms with Crippen molar-refractivity contribution < 1.29 is 9.47 Å². The van der Waals surface area contributed by atoms with Crippen molar-refractivity contribution in [2.45, 2.75) is 46.3 Å². The minimum Gasteiger partial charge on any atom is -0.379 e. The van der Waals surface area contributed by atoms with Gasteiger partial charge in [0.1, 0.15) is 0 Å². The van der Waals surface area contributed by atoms with Crippen LogP contribution in [-0.4, -0.2) is 33.0 Å². The minimum absolute atomic E-state index is 0.116. The van der Waals surface area contributed by atoms with Crippen LogP contribution in [0.1, 0.15) is 44.9 Å². The van der Waals surface area contributed by atoms with E-state index in [9.17, 15) is 0 Å². The van der Waals surface area contributed by atoms with Crippen LogP contribution in [0.2, 0.25) is 0 Å². The Labute approximate surface area is 130 Å². The summed E-state index contributed by atoms with van der Waals surface area (Å²) in [5.74, 6) is 0.574. The van der Waals surface area contributed by atoms with Crippen LogP contribution in [0.5, 0.6) is 0 Å². The predicted molar refractivity (Wildman–Crippen MR) is 88.7 cm³/mol. The zero-order valence-electron chi connectivity index (χ0n) is 14.2. The molecule has 0 saturated carbocycles. The Hall–Kier alpha value is -0.900. The average Bonchev–Trinajstić information content (AvgIpc) is 2.48. The molecule has 0 bridgehead atoms. The average molecular weight is 293 g/mol. The number of hydrogen-bond acceptors (Lipinski definition) is 3. The number of likely N-dealkylation sites (N-methyl/N-ethyl adjacent to an activating group) is 1. The number of hydrogen-bond donors (Lipinski definition) is 1. The summed E-state index contributed by atoms with van der Waals surface area (Å²) >= 11 is 0. The van der Waals surface area contributed by atoms with E-state index in [1.807, 2.05) is 7.05 Å². The molecular weight excluding hydrogens is 262 g/mol. The lowest BCUT2D eigenvalue weighted by Gasteiger charge is -2.24. The van der Waals surface area contributed by atoms with Crippen molar-refractivity contribution in [2.75, 3.05) is 26.9 Å². The van der Waals surface area contributed by atoms with E-state index in [-0.39, 0.29) is 12.1 Å². The van der Waals surface area contributed by atoms with Crippen LogP contribution in [0, 0.1) is 5.92 Å². The summed E-state index contributed by atoms with van der Waals surface area (Å²) in [6, 6.07) is 8.97. The van der Waals surface area contributed by atoms with Crippen molar-refractivity contribution in [3.8, 4) is 0 Å². The van der Waals surface area contributed by atoms with Crippen molar-refractivity contribution in [1.29, 1.82) is 0 Å². The summed E-state index contributed by atoms with van der Waals surface area (Å²) in [4.78, 5) is 0. The molecule has 2 unspecified atom stereocenters. The first-order chi connectivity index (χ1) is 10.1. The Morgan fingerprint density at radius 1 is 1.05 bits per heavy atom. The molecule has 0 aliphatic rings. The number of ether oxygens (including phenoxy) is 2. The first-order valence-corrected chi connectivity index (χ1v) is 8.03. The van der Waals surface area contributed by atoms with Gasteiger partial charge in [0.15, 0.2) is 0 Å². The molecule has 1 rings (SSSR count). The summed E-state index contributed by atoms with van der Waals surface area (Å²) in [7, 11) is 1.98. The maximum Gasteiger partial charge on any atom is 0.0742 e. The van der Waals surface area contributed by atoms with E-state index in [4.69, 9.17) is 9.47 Å². The fourth-order valence-electron chi connectivity index (χ4n) is 2.34. The second kappa shape index (κ2) is 9.93. The maximum absolute atomic E-state index is 5.90. The van der Waals surface area contributed by atoms with Gasteiger partial charge in [0.25, 0.3) is 0 Å². The van der Waals surface area contributed by atoms with E-state index in [1.54, 1.807) is 0 Å². The Balaban J connectivity index is 2.43. The Morgan fingerprint density at radius 2 is 1.71 bits per heavy atom. The fourth-order valence-corrected chi connectivity index (χ4v) is 2.34. The van der Waals surface area contributed by atoms with Crippen LogP contribution in [-0.2, 0) is 15.9 Å². The molecule has 2 atom stereocenters. The number of benzene rings is 1. The lowest BCUT2D eigenvalue weighted by molar-refractivity contribution is -0.00729. The SMILES string of the molecule is CCc1ccc(C(NC)C(C)OCCOCC(C)C)cc1. The third-order valence-corrected chi connectivity index (χ3v) is 3.59. The van der Waals surface area contributed by atoms with Crippen LogP contribution in [0.4, 0.5) is 0 Å². The maximum atomic E-state index is 5.90. The largest absolute Gasteiger partial charge is 0.379 e. The second-order valence-corrected chi connectivity index (χ2v) is 5.91. The van der Waals surface area contributed by atoms with Crippen molar-refractivity contribution in [1.82, 2.24) is 5.32 Å². The quantitative estimate of drug-likeness (QED) is 0.669. The van der Waals surface area contributed by atoms with Gasteiger partial charge in [-0.25, -0.2) is 0 Å². The summed E-state index contributed by atoms with van der Waals surface area (Å²) in [6.07, 6.45) is 1.19. The van der Waals surface area contributed by atoms with E-state index >= 15 is 0 Å². The normalized spacial score (nSPS) is 14.4. The third kappa shape index (κ3) is 6.60. The molecule has 120 valence electrons. The first kappa shape index (κ1) is 18.1. The van der Waals surface area contributed by atoms with Crippen molar-refractivity contribution in [3.05, 3.63) is 35.4 Å². The molecule has 0 aromatic heterocycles. The van der Waals surface area contributed by atoms with Crippen molar-refractivity contribution in [2.24, 2.45) is 5.92 Å². The summed E-state index contributed by atoms with van der Waals surface area (Å²) in [5.41, 5.74) is 2.63. The molecule has 1 aromatic rings. The molecule has 21 heavy (non-hydrogen) atoms. The van der Waals surface area contributed by atoms with Gasteiger partial charge in [0.05, 0.1) is 25.4 Å². The van der Waals surface area contributed by atoms with E-state index in [1.165, 1.54) is 11.1 Å². The smallest absolute Gasteiger partial charge is 0.0742 e. The summed E-state index contributed by atoms with van der Waals surface area (Å²) < 4.78 is 11.4. The Morgan fingerprint density at radius 3 is 2.24 bits per heavy atom. The van der Waals surface area contributed by atoms with Gasteiger partial charge in [-0.2, -0.15) is 0 Å². The topological polar surface area (TPSA) is 30.5 Å². The standard InChI is InChI=1S/C18H31NO2/c1-6-16-7-9-17(10-8-16)18(19-5)15(4)21-12-11-20-13-14(2)3/h7-10,14-15,18-19H,6,11-13H2,1-5H3.